The number of benzene rings is 2. The largest absolute Gasteiger partial charge is 0.379 e. The van der Waals surface area contributed by atoms with Crippen molar-refractivity contribution in [1.82, 2.24) is 4.90 Å². The molecule has 0 spiro atoms. The molecule has 2 aromatic rings. The van der Waals surface area contributed by atoms with Crippen LogP contribution in [-0.4, -0.2) is 31.2 Å². The number of morpholine rings is 1. The molecule has 0 saturated carbocycles. The van der Waals surface area contributed by atoms with Crippen molar-refractivity contribution in [2.45, 2.75) is 19.4 Å². The first-order chi connectivity index (χ1) is 10.9. The second-order valence-corrected chi connectivity index (χ2v) is 6.16. The van der Waals surface area contributed by atoms with Crippen LogP contribution in [0.3, 0.4) is 0 Å². The number of nitrogens with one attached hydrogen (secondary N) is 1. The summed E-state index contributed by atoms with van der Waals surface area (Å²) in [6.45, 7) is 4.84. The first-order valence-electron chi connectivity index (χ1n) is 8.15. The molecular weight excluding hydrogens is 272 g/mol. The standard InChI is InChI=1S/C19H22N2O/c1-2-4-18-16(3-1)6-7-17-13-15(5-8-19(17)20-18)14-21-9-11-22-12-10-21/h1-5,8,13,20H,6-7,9-12,14H2. The van der Waals surface area contributed by atoms with Gasteiger partial charge in [-0.15, -0.1) is 0 Å². The lowest BCUT2D eigenvalue weighted by Crippen LogP contribution is -2.35. The highest BCUT2D eigenvalue weighted by atomic mass is 16.5. The van der Waals surface area contributed by atoms with Crippen LogP contribution in [0.5, 0.6) is 0 Å². The fourth-order valence-electron chi connectivity index (χ4n) is 3.37. The summed E-state index contributed by atoms with van der Waals surface area (Å²) in [4.78, 5) is 2.48. The molecule has 0 atom stereocenters. The van der Waals surface area contributed by atoms with Crippen LogP contribution in [0.4, 0.5) is 11.4 Å². The molecule has 2 aliphatic rings. The van der Waals surface area contributed by atoms with Gasteiger partial charge in [0.05, 0.1) is 13.2 Å². The molecule has 0 aliphatic carbocycles. The topological polar surface area (TPSA) is 24.5 Å². The minimum absolute atomic E-state index is 0.863. The fourth-order valence-corrected chi connectivity index (χ4v) is 3.37. The Morgan fingerprint density at radius 1 is 0.909 bits per heavy atom. The van der Waals surface area contributed by atoms with E-state index in [2.05, 4.69) is 52.7 Å². The molecule has 1 N–H and O–H groups in total. The second kappa shape index (κ2) is 6.11. The highest BCUT2D eigenvalue weighted by molar-refractivity contribution is 5.68. The number of anilines is 2. The van der Waals surface area contributed by atoms with Gasteiger partial charge in [0, 0.05) is 31.0 Å². The molecule has 0 bridgehead atoms. The van der Waals surface area contributed by atoms with Gasteiger partial charge in [0.25, 0.3) is 0 Å². The molecule has 0 aromatic heterocycles. The molecule has 22 heavy (non-hydrogen) atoms. The van der Waals surface area contributed by atoms with Crippen LogP contribution in [0, 0.1) is 0 Å². The Hall–Kier alpha value is -1.84. The smallest absolute Gasteiger partial charge is 0.0594 e. The van der Waals surface area contributed by atoms with Crippen LogP contribution in [-0.2, 0) is 24.1 Å². The lowest BCUT2D eigenvalue weighted by Gasteiger charge is -2.26. The molecule has 2 aliphatic heterocycles. The number of ether oxygens (including phenoxy) is 1. The van der Waals surface area contributed by atoms with Crippen molar-refractivity contribution >= 4 is 11.4 Å². The van der Waals surface area contributed by atoms with Crippen LogP contribution in [0.15, 0.2) is 42.5 Å². The van der Waals surface area contributed by atoms with Crippen molar-refractivity contribution in [2.24, 2.45) is 0 Å². The van der Waals surface area contributed by atoms with Crippen molar-refractivity contribution in [3.8, 4) is 0 Å². The summed E-state index contributed by atoms with van der Waals surface area (Å²) < 4.78 is 5.43. The predicted octanol–water partition coefficient (Wildman–Crippen LogP) is 3.36. The number of aryl methyl sites for hydroxylation is 2. The number of rotatable bonds is 2. The third-order valence-corrected chi connectivity index (χ3v) is 4.63. The van der Waals surface area contributed by atoms with Gasteiger partial charge in [0.15, 0.2) is 0 Å². The van der Waals surface area contributed by atoms with Gasteiger partial charge in [0.2, 0.25) is 0 Å². The first kappa shape index (κ1) is 13.8. The predicted molar refractivity (Wildman–Crippen MR) is 89.7 cm³/mol. The molecule has 2 heterocycles. The van der Waals surface area contributed by atoms with Crippen molar-refractivity contribution < 1.29 is 4.74 Å². The van der Waals surface area contributed by atoms with E-state index in [1.54, 1.807) is 0 Å². The minimum atomic E-state index is 0.863. The van der Waals surface area contributed by atoms with Crippen LogP contribution in [0.2, 0.25) is 0 Å². The summed E-state index contributed by atoms with van der Waals surface area (Å²) in [6.07, 6.45) is 2.22. The zero-order valence-corrected chi connectivity index (χ0v) is 12.8. The zero-order valence-electron chi connectivity index (χ0n) is 12.8. The number of hydrogen-bond donors (Lipinski definition) is 1. The van der Waals surface area contributed by atoms with E-state index in [1.807, 2.05) is 0 Å². The maximum absolute atomic E-state index is 5.43. The molecule has 114 valence electrons. The lowest BCUT2D eigenvalue weighted by atomic mass is 10.0. The molecule has 1 saturated heterocycles. The molecule has 0 unspecified atom stereocenters. The average Bonchev–Trinajstić information content (AvgIpc) is 2.75. The summed E-state index contributed by atoms with van der Waals surface area (Å²) in [6, 6.07) is 15.5. The Morgan fingerprint density at radius 2 is 1.68 bits per heavy atom. The normalized spacial score (nSPS) is 18.0. The van der Waals surface area contributed by atoms with Gasteiger partial charge in [0.1, 0.15) is 0 Å². The fraction of sp³-hybridized carbons (Fsp3) is 0.368. The van der Waals surface area contributed by atoms with Gasteiger partial charge in [-0.2, -0.15) is 0 Å². The van der Waals surface area contributed by atoms with Crippen LogP contribution >= 0.6 is 0 Å². The van der Waals surface area contributed by atoms with E-state index in [0.29, 0.717) is 0 Å². The number of hydrogen-bond acceptors (Lipinski definition) is 3. The maximum Gasteiger partial charge on any atom is 0.0594 e. The van der Waals surface area contributed by atoms with Crippen molar-refractivity contribution in [3.05, 3.63) is 59.2 Å². The molecule has 2 aromatic carbocycles. The highest BCUT2D eigenvalue weighted by Gasteiger charge is 2.15. The van der Waals surface area contributed by atoms with E-state index in [9.17, 15) is 0 Å². The molecule has 1 fully saturated rings. The zero-order chi connectivity index (χ0) is 14.8. The summed E-state index contributed by atoms with van der Waals surface area (Å²) >= 11 is 0. The van der Waals surface area contributed by atoms with E-state index in [-0.39, 0.29) is 0 Å². The highest BCUT2D eigenvalue weighted by Crippen LogP contribution is 2.30. The van der Waals surface area contributed by atoms with Crippen LogP contribution in [0.1, 0.15) is 16.7 Å². The Bertz CT molecular complexity index is 662. The van der Waals surface area contributed by atoms with Crippen LogP contribution in [0.25, 0.3) is 0 Å². The second-order valence-electron chi connectivity index (χ2n) is 6.16. The van der Waals surface area contributed by atoms with Crippen molar-refractivity contribution in [1.29, 1.82) is 0 Å². The summed E-state index contributed by atoms with van der Waals surface area (Å²) in [7, 11) is 0. The molecule has 0 radical (unpaired) electrons. The number of nitrogens with zero attached hydrogens (tertiary/aromatic N) is 1. The SMILES string of the molecule is c1ccc2c(c1)CCc1cc(CN3CCOCC3)ccc1N2. The van der Waals surface area contributed by atoms with Gasteiger partial charge in [-0.05, 0) is 41.7 Å². The molecule has 4 rings (SSSR count). The third kappa shape index (κ3) is 2.87. The van der Waals surface area contributed by atoms with E-state index in [4.69, 9.17) is 4.74 Å². The van der Waals surface area contributed by atoms with Gasteiger partial charge < -0.3 is 10.1 Å². The quantitative estimate of drug-likeness (QED) is 0.919. The Kier molecular flexibility index (Phi) is 3.83. The van der Waals surface area contributed by atoms with Gasteiger partial charge in [-0.1, -0.05) is 30.3 Å². The molecule has 3 heteroatoms. The minimum Gasteiger partial charge on any atom is -0.379 e. The van der Waals surface area contributed by atoms with Crippen molar-refractivity contribution in [2.75, 3.05) is 31.6 Å². The van der Waals surface area contributed by atoms with Crippen LogP contribution < -0.4 is 5.32 Å². The molecule has 3 nitrogen and oxygen atoms in total. The van der Waals surface area contributed by atoms with E-state index >= 15 is 0 Å². The van der Waals surface area contributed by atoms with Gasteiger partial charge in [-0.3, -0.25) is 4.90 Å². The summed E-state index contributed by atoms with van der Waals surface area (Å²) in [5.74, 6) is 0. The summed E-state index contributed by atoms with van der Waals surface area (Å²) in [5, 5.41) is 3.60. The van der Waals surface area contributed by atoms with Gasteiger partial charge in [-0.25, -0.2) is 0 Å². The van der Waals surface area contributed by atoms with E-state index in [0.717, 1.165) is 45.7 Å². The third-order valence-electron chi connectivity index (χ3n) is 4.63. The molecule has 0 amide bonds. The number of para-hydroxylation sites is 1. The maximum atomic E-state index is 5.43. The monoisotopic (exact) mass is 294 g/mol. The van der Waals surface area contributed by atoms with Gasteiger partial charge >= 0.3 is 0 Å². The Balaban J connectivity index is 1.55. The Morgan fingerprint density at radius 3 is 2.59 bits per heavy atom. The number of fused-ring (bicyclic) bond motifs is 2. The van der Waals surface area contributed by atoms with E-state index < -0.39 is 0 Å². The first-order valence-corrected chi connectivity index (χ1v) is 8.15. The van der Waals surface area contributed by atoms with Crippen molar-refractivity contribution in [3.63, 3.8) is 0 Å². The Labute approximate surface area is 131 Å². The molecular formula is C19H22N2O. The lowest BCUT2D eigenvalue weighted by molar-refractivity contribution is 0.0342. The average molecular weight is 294 g/mol. The summed E-state index contributed by atoms with van der Waals surface area (Å²) in [5.41, 5.74) is 6.77. The van der Waals surface area contributed by atoms with E-state index in [1.165, 1.54) is 28.1 Å².